The first kappa shape index (κ1) is 8.06. The zero-order valence-corrected chi connectivity index (χ0v) is 6.97. The standard InChI is InChI=1S/C5H8N2O3S/c1-3-4(11(2,8)9)5(6)7-10-3/h1-2H3,(H2,6,7). The van der Waals surface area contributed by atoms with Gasteiger partial charge in [-0.3, -0.25) is 0 Å². The van der Waals surface area contributed by atoms with E-state index in [2.05, 4.69) is 9.68 Å². The number of rotatable bonds is 1. The van der Waals surface area contributed by atoms with E-state index in [0.29, 0.717) is 0 Å². The lowest BCUT2D eigenvalue weighted by molar-refractivity contribution is 0.396. The van der Waals surface area contributed by atoms with E-state index in [1.165, 1.54) is 6.92 Å². The number of nitrogens with zero attached hydrogens (tertiary/aromatic N) is 1. The summed E-state index contributed by atoms with van der Waals surface area (Å²) >= 11 is 0. The summed E-state index contributed by atoms with van der Waals surface area (Å²) in [6.45, 7) is 1.50. The van der Waals surface area contributed by atoms with E-state index in [1.54, 1.807) is 0 Å². The first-order chi connectivity index (χ1) is 4.93. The van der Waals surface area contributed by atoms with Gasteiger partial charge in [-0.15, -0.1) is 0 Å². The van der Waals surface area contributed by atoms with E-state index in [1.807, 2.05) is 0 Å². The summed E-state index contributed by atoms with van der Waals surface area (Å²) in [6, 6.07) is 0. The fourth-order valence-corrected chi connectivity index (χ4v) is 1.81. The van der Waals surface area contributed by atoms with E-state index in [4.69, 9.17) is 5.73 Å². The molecule has 6 heteroatoms. The van der Waals surface area contributed by atoms with Gasteiger partial charge in [-0.1, -0.05) is 5.16 Å². The van der Waals surface area contributed by atoms with E-state index < -0.39 is 9.84 Å². The van der Waals surface area contributed by atoms with Crippen molar-refractivity contribution in [3.05, 3.63) is 5.76 Å². The molecule has 0 fully saturated rings. The molecule has 0 unspecified atom stereocenters. The highest BCUT2D eigenvalue weighted by molar-refractivity contribution is 7.90. The highest BCUT2D eigenvalue weighted by Gasteiger charge is 2.19. The van der Waals surface area contributed by atoms with Crippen LogP contribution < -0.4 is 5.73 Å². The largest absolute Gasteiger partial charge is 0.380 e. The van der Waals surface area contributed by atoms with Crippen molar-refractivity contribution in [1.29, 1.82) is 0 Å². The molecule has 5 nitrogen and oxygen atoms in total. The molecule has 0 atom stereocenters. The monoisotopic (exact) mass is 176 g/mol. The molecule has 0 saturated carbocycles. The maximum absolute atomic E-state index is 11.0. The van der Waals surface area contributed by atoms with Crippen molar-refractivity contribution >= 4 is 15.7 Å². The minimum absolute atomic E-state index is 0.0162. The summed E-state index contributed by atoms with van der Waals surface area (Å²) < 4.78 is 26.5. The lowest BCUT2D eigenvalue weighted by Gasteiger charge is -1.92. The van der Waals surface area contributed by atoms with Crippen molar-refractivity contribution in [2.45, 2.75) is 11.8 Å². The number of sulfone groups is 1. The summed E-state index contributed by atoms with van der Waals surface area (Å²) in [6.07, 6.45) is 1.06. The van der Waals surface area contributed by atoms with Gasteiger partial charge in [0.1, 0.15) is 0 Å². The molecule has 1 heterocycles. The van der Waals surface area contributed by atoms with Gasteiger partial charge in [0, 0.05) is 6.26 Å². The van der Waals surface area contributed by atoms with Crippen LogP contribution in [0.2, 0.25) is 0 Å². The Morgan fingerprint density at radius 3 is 2.27 bits per heavy atom. The normalized spacial score (nSPS) is 11.8. The number of nitrogens with two attached hydrogens (primary N) is 1. The Kier molecular flexibility index (Phi) is 1.63. The topological polar surface area (TPSA) is 86.2 Å². The summed E-state index contributed by atoms with van der Waals surface area (Å²) in [7, 11) is -3.30. The first-order valence-corrected chi connectivity index (χ1v) is 4.74. The minimum atomic E-state index is -3.30. The SMILES string of the molecule is Cc1onc(N)c1S(C)(=O)=O. The second-order valence-corrected chi connectivity index (χ2v) is 4.18. The second-order valence-electron chi connectivity index (χ2n) is 2.23. The van der Waals surface area contributed by atoms with Gasteiger partial charge in [-0.05, 0) is 6.92 Å². The molecule has 0 spiro atoms. The molecule has 1 aromatic rings. The van der Waals surface area contributed by atoms with Crippen LogP contribution in [0.3, 0.4) is 0 Å². The van der Waals surface area contributed by atoms with Crippen LogP contribution in [-0.4, -0.2) is 19.8 Å². The van der Waals surface area contributed by atoms with Crippen LogP contribution in [0.25, 0.3) is 0 Å². The van der Waals surface area contributed by atoms with Crippen LogP contribution in [0.1, 0.15) is 5.76 Å². The molecular weight excluding hydrogens is 168 g/mol. The summed E-state index contributed by atoms with van der Waals surface area (Å²) in [5, 5.41) is 3.31. The third kappa shape index (κ3) is 1.35. The molecule has 62 valence electrons. The fourth-order valence-electron chi connectivity index (χ4n) is 0.832. The molecule has 0 bridgehead atoms. The summed E-state index contributed by atoms with van der Waals surface area (Å²) in [4.78, 5) is -0.0162. The Morgan fingerprint density at radius 2 is 2.09 bits per heavy atom. The second kappa shape index (κ2) is 2.23. The molecule has 0 amide bonds. The van der Waals surface area contributed by atoms with Crippen LogP contribution in [-0.2, 0) is 9.84 Å². The van der Waals surface area contributed by atoms with E-state index in [-0.39, 0.29) is 16.5 Å². The fraction of sp³-hybridized carbons (Fsp3) is 0.400. The molecule has 0 saturated heterocycles. The minimum Gasteiger partial charge on any atom is -0.380 e. The molecule has 1 aromatic heterocycles. The molecule has 0 aliphatic rings. The molecule has 2 N–H and O–H groups in total. The van der Waals surface area contributed by atoms with E-state index in [0.717, 1.165) is 6.26 Å². The van der Waals surface area contributed by atoms with Crippen LogP contribution in [0.4, 0.5) is 5.82 Å². The Labute approximate surface area is 64.1 Å². The molecule has 0 radical (unpaired) electrons. The van der Waals surface area contributed by atoms with Gasteiger partial charge in [-0.25, -0.2) is 8.42 Å². The lowest BCUT2D eigenvalue weighted by atomic mass is 10.5. The molecule has 0 aromatic carbocycles. The van der Waals surface area contributed by atoms with Crippen LogP contribution in [0.5, 0.6) is 0 Å². The first-order valence-electron chi connectivity index (χ1n) is 2.84. The van der Waals surface area contributed by atoms with Gasteiger partial charge >= 0.3 is 0 Å². The maximum atomic E-state index is 11.0. The quantitative estimate of drug-likeness (QED) is 0.649. The number of aromatic nitrogens is 1. The highest BCUT2D eigenvalue weighted by atomic mass is 32.2. The van der Waals surface area contributed by atoms with Crippen LogP contribution >= 0.6 is 0 Å². The van der Waals surface area contributed by atoms with Crippen LogP contribution in [0, 0.1) is 6.92 Å². The maximum Gasteiger partial charge on any atom is 0.186 e. The third-order valence-electron chi connectivity index (χ3n) is 1.20. The van der Waals surface area contributed by atoms with Gasteiger partial charge in [0.05, 0.1) is 0 Å². The number of anilines is 1. The summed E-state index contributed by atoms with van der Waals surface area (Å²) in [5.74, 6) is 0.148. The predicted molar refractivity (Wildman–Crippen MR) is 38.8 cm³/mol. The molecule has 0 aliphatic heterocycles. The summed E-state index contributed by atoms with van der Waals surface area (Å²) in [5.41, 5.74) is 5.24. The van der Waals surface area contributed by atoms with E-state index in [9.17, 15) is 8.42 Å². The molecular formula is C5H8N2O3S. The average Bonchev–Trinajstić information content (AvgIpc) is 2.08. The zero-order chi connectivity index (χ0) is 8.65. The Hall–Kier alpha value is -1.04. The number of nitrogen functional groups attached to an aromatic ring is 1. The molecule has 0 aliphatic carbocycles. The van der Waals surface area contributed by atoms with Crippen molar-refractivity contribution in [3.8, 4) is 0 Å². The van der Waals surface area contributed by atoms with Crippen molar-refractivity contribution < 1.29 is 12.9 Å². The third-order valence-corrected chi connectivity index (χ3v) is 2.44. The van der Waals surface area contributed by atoms with Crippen molar-refractivity contribution in [2.24, 2.45) is 0 Å². The highest BCUT2D eigenvalue weighted by Crippen LogP contribution is 2.20. The van der Waals surface area contributed by atoms with Gasteiger partial charge in [0.25, 0.3) is 0 Å². The molecule has 11 heavy (non-hydrogen) atoms. The Balaban J connectivity index is 3.45. The molecule has 1 rings (SSSR count). The average molecular weight is 176 g/mol. The zero-order valence-electron chi connectivity index (χ0n) is 6.16. The number of aryl methyl sites for hydroxylation is 1. The lowest BCUT2D eigenvalue weighted by Crippen LogP contribution is -2.01. The van der Waals surface area contributed by atoms with E-state index >= 15 is 0 Å². The predicted octanol–water partition coefficient (Wildman–Crippen LogP) is -0.0313. The number of hydrogen-bond donors (Lipinski definition) is 1. The van der Waals surface area contributed by atoms with Crippen molar-refractivity contribution in [1.82, 2.24) is 5.16 Å². The van der Waals surface area contributed by atoms with Crippen molar-refractivity contribution in [2.75, 3.05) is 12.0 Å². The Morgan fingerprint density at radius 1 is 1.55 bits per heavy atom. The van der Waals surface area contributed by atoms with Gasteiger partial charge < -0.3 is 10.3 Å². The smallest absolute Gasteiger partial charge is 0.186 e. The van der Waals surface area contributed by atoms with Gasteiger partial charge in [0.15, 0.2) is 26.3 Å². The van der Waals surface area contributed by atoms with Crippen molar-refractivity contribution in [3.63, 3.8) is 0 Å². The van der Waals surface area contributed by atoms with Gasteiger partial charge in [-0.2, -0.15) is 0 Å². The Bertz CT molecular complexity index is 346. The van der Waals surface area contributed by atoms with Gasteiger partial charge in [0.2, 0.25) is 0 Å². The number of hydrogen-bond acceptors (Lipinski definition) is 5. The van der Waals surface area contributed by atoms with Crippen LogP contribution in [0.15, 0.2) is 9.42 Å².